The Hall–Kier alpha value is -1.93. The van der Waals surface area contributed by atoms with E-state index >= 15 is 0 Å². The van der Waals surface area contributed by atoms with Gasteiger partial charge in [-0.05, 0) is 51.6 Å². The van der Waals surface area contributed by atoms with Crippen molar-refractivity contribution in [1.29, 1.82) is 0 Å². The molecule has 25 heavy (non-hydrogen) atoms. The first-order valence-electron chi connectivity index (χ1n) is 8.52. The summed E-state index contributed by atoms with van der Waals surface area (Å²) in [6.07, 6.45) is 2.23. The van der Waals surface area contributed by atoms with Crippen LogP contribution in [0.4, 0.5) is 0 Å². The molecule has 1 aromatic rings. The Morgan fingerprint density at radius 2 is 2.00 bits per heavy atom. The number of likely N-dealkylation sites (N-methyl/N-ethyl adjacent to an activating group) is 1. The highest BCUT2D eigenvalue weighted by Crippen LogP contribution is 2.37. The van der Waals surface area contributed by atoms with Crippen molar-refractivity contribution in [1.82, 2.24) is 14.1 Å². The fourth-order valence-corrected chi connectivity index (χ4v) is 5.79. The Bertz CT molecular complexity index is 874. The summed E-state index contributed by atoms with van der Waals surface area (Å²) >= 11 is 0. The molecular weight excluding hydrogens is 342 g/mol. The molecule has 0 aliphatic carbocycles. The molecule has 0 atom stereocenters. The van der Waals surface area contributed by atoms with Crippen LogP contribution in [0.25, 0.3) is 0 Å². The summed E-state index contributed by atoms with van der Waals surface area (Å²) in [6, 6.07) is 4.36. The van der Waals surface area contributed by atoms with E-state index in [0.29, 0.717) is 18.7 Å². The molecule has 1 spiro atoms. The molecule has 3 aliphatic rings. The van der Waals surface area contributed by atoms with Crippen LogP contribution in [-0.2, 0) is 10.0 Å². The zero-order chi connectivity index (χ0) is 18.0. The largest absolute Gasteiger partial charge is 0.335 e. The number of fused-ring (bicyclic) bond motifs is 1. The fourth-order valence-electron chi connectivity index (χ4n) is 4.18. The second-order valence-corrected chi connectivity index (χ2v) is 8.93. The van der Waals surface area contributed by atoms with Crippen molar-refractivity contribution in [3.8, 4) is 0 Å². The standard InChI is InChI=1S/C17H21N3O4S/c1-3-20-16(22)13-6-5-12(9-14(13)25(20,23)24)15(21)19-10-17(11-19)7-4-8-18(17)2/h5-6,9H,3-4,7-8,10-11H2,1-2H3. The molecule has 8 heteroatoms. The lowest BCUT2D eigenvalue weighted by atomic mass is 9.86. The topological polar surface area (TPSA) is 78.0 Å². The summed E-state index contributed by atoms with van der Waals surface area (Å²) in [5.41, 5.74) is 0.561. The minimum atomic E-state index is -3.84. The zero-order valence-electron chi connectivity index (χ0n) is 14.4. The van der Waals surface area contributed by atoms with Gasteiger partial charge in [0.25, 0.3) is 21.8 Å². The van der Waals surface area contributed by atoms with Crippen LogP contribution in [0.1, 0.15) is 40.5 Å². The van der Waals surface area contributed by atoms with Gasteiger partial charge >= 0.3 is 0 Å². The number of amides is 2. The van der Waals surface area contributed by atoms with Crippen LogP contribution in [0.2, 0.25) is 0 Å². The van der Waals surface area contributed by atoms with Gasteiger partial charge < -0.3 is 4.90 Å². The number of carbonyl (C=O) groups is 2. The van der Waals surface area contributed by atoms with Gasteiger partial charge in [-0.25, -0.2) is 12.7 Å². The molecular formula is C17H21N3O4S. The van der Waals surface area contributed by atoms with Gasteiger partial charge in [0, 0.05) is 25.2 Å². The number of hydrogen-bond donors (Lipinski definition) is 0. The zero-order valence-corrected chi connectivity index (χ0v) is 15.2. The Balaban J connectivity index is 1.60. The predicted octanol–water partition coefficient (Wildman–Crippen LogP) is 0.771. The Morgan fingerprint density at radius 3 is 2.60 bits per heavy atom. The Kier molecular flexibility index (Phi) is 3.49. The van der Waals surface area contributed by atoms with E-state index in [1.54, 1.807) is 17.9 Å². The second kappa shape index (κ2) is 5.28. The molecule has 4 rings (SSSR count). The van der Waals surface area contributed by atoms with Gasteiger partial charge in [0.2, 0.25) is 0 Å². The van der Waals surface area contributed by atoms with E-state index in [-0.39, 0.29) is 28.4 Å². The minimum Gasteiger partial charge on any atom is -0.335 e. The lowest BCUT2D eigenvalue weighted by Crippen LogP contribution is -2.68. The third-order valence-corrected chi connectivity index (χ3v) is 7.64. The molecule has 3 aliphatic heterocycles. The summed E-state index contributed by atoms with van der Waals surface area (Å²) in [5.74, 6) is -0.696. The first-order valence-corrected chi connectivity index (χ1v) is 9.96. The SMILES string of the molecule is CCN1C(=O)c2ccc(C(=O)N3CC4(CCCN4C)C3)cc2S1(=O)=O. The number of benzene rings is 1. The highest BCUT2D eigenvalue weighted by molar-refractivity contribution is 7.90. The van der Waals surface area contributed by atoms with Crippen molar-refractivity contribution in [2.45, 2.75) is 30.2 Å². The van der Waals surface area contributed by atoms with Gasteiger partial charge in [0.1, 0.15) is 4.90 Å². The van der Waals surface area contributed by atoms with E-state index in [1.807, 2.05) is 0 Å². The molecule has 0 saturated carbocycles. The van der Waals surface area contributed by atoms with Crippen LogP contribution in [0.5, 0.6) is 0 Å². The van der Waals surface area contributed by atoms with Crippen molar-refractivity contribution in [2.24, 2.45) is 0 Å². The predicted molar refractivity (Wildman–Crippen MR) is 90.8 cm³/mol. The van der Waals surface area contributed by atoms with Crippen molar-refractivity contribution < 1.29 is 18.0 Å². The Morgan fingerprint density at radius 1 is 1.28 bits per heavy atom. The van der Waals surface area contributed by atoms with Crippen LogP contribution in [0.3, 0.4) is 0 Å². The molecule has 0 unspecified atom stereocenters. The van der Waals surface area contributed by atoms with E-state index in [4.69, 9.17) is 0 Å². The first-order chi connectivity index (χ1) is 11.8. The molecule has 0 bridgehead atoms. The molecule has 1 aromatic carbocycles. The molecule has 2 amide bonds. The van der Waals surface area contributed by atoms with E-state index in [0.717, 1.165) is 23.7 Å². The van der Waals surface area contributed by atoms with Gasteiger partial charge in [-0.1, -0.05) is 0 Å². The number of nitrogens with zero attached hydrogens (tertiary/aromatic N) is 3. The normalized spacial score (nSPS) is 23.8. The van der Waals surface area contributed by atoms with Crippen LogP contribution in [-0.4, -0.2) is 73.1 Å². The quantitative estimate of drug-likeness (QED) is 0.776. The third kappa shape index (κ3) is 2.17. The highest BCUT2D eigenvalue weighted by atomic mass is 32.2. The van der Waals surface area contributed by atoms with Crippen LogP contribution >= 0.6 is 0 Å². The number of likely N-dealkylation sites (tertiary alicyclic amines) is 2. The maximum Gasteiger partial charge on any atom is 0.268 e. The average molecular weight is 363 g/mol. The monoisotopic (exact) mass is 363 g/mol. The first kappa shape index (κ1) is 16.5. The van der Waals surface area contributed by atoms with Gasteiger partial charge in [0.15, 0.2) is 0 Å². The van der Waals surface area contributed by atoms with Crippen molar-refractivity contribution in [3.05, 3.63) is 29.3 Å². The lowest BCUT2D eigenvalue weighted by Gasteiger charge is -2.51. The molecule has 3 heterocycles. The van der Waals surface area contributed by atoms with Crippen LogP contribution in [0, 0.1) is 0 Å². The van der Waals surface area contributed by atoms with E-state index < -0.39 is 15.9 Å². The average Bonchev–Trinajstić information content (AvgIpc) is 3.01. The van der Waals surface area contributed by atoms with E-state index in [2.05, 4.69) is 11.9 Å². The van der Waals surface area contributed by atoms with Crippen molar-refractivity contribution in [2.75, 3.05) is 33.2 Å². The summed E-state index contributed by atoms with van der Waals surface area (Å²) in [5, 5.41) is 0. The number of hydrogen-bond acceptors (Lipinski definition) is 5. The summed E-state index contributed by atoms with van der Waals surface area (Å²) in [7, 11) is -1.76. The number of sulfonamides is 1. The highest BCUT2D eigenvalue weighted by Gasteiger charge is 2.50. The van der Waals surface area contributed by atoms with Gasteiger partial charge in [-0.3, -0.25) is 14.5 Å². The number of rotatable bonds is 2. The molecule has 0 N–H and O–H groups in total. The minimum absolute atomic E-state index is 0.0570. The second-order valence-electron chi connectivity index (χ2n) is 7.10. The summed E-state index contributed by atoms with van der Waals surface area (Å²) in [6.45, 7) is 4.09. The third-order valence-electron chi connectivity index (χ3n) is 5.74. The van der Waals surface area contributed by atoms with Crippen LogP contribution in [0.15, 0.2) is 23.1 Å². The molecule has 7 nitrogen and oxygen atoms in total. The van der Waals surface area contributed by atoms with Gasteiger partial charge in [0.05, 0.1) is 11.1 Å². The maximum atomic E-state index is 12.7. The van der Waals surface area contributed by atoms with Gasteiger partial charge in [-0.2, -0.15) is 0 Å². The van der Waals surface area contributed by atoms with Crippen molar-refractivity contribution >= 4 is 21.8 Å². The maximum absolute atomic E-state index is 12.7. The van der Waals surface area contributed by atoms with E-state index in [1.165, 1.54) is 12.1 Å². The van der Waals surface area contributed by atoms with E-state index in [9.17, 15) is 18.0 Å². The summed E-state index contributed by atoms with van der Waals surface area (Å²) in [4.78, 5) is 28.9. The molecule has 2 saturated heterocycles. The molecule has 0 aromatic heterocycles. The van der Waals surface area contributed by atoms with Crippen molar-refractivity contribution in [3.63, 3.8) is 0 Å². The fraction of sp³-hybridized carbons (Fsp3) is 0.529. The molecule has 134 valence electrons. The molecule has 0 radical (unpaired) electrons. The smallest absolute Gasteiger partial charge is 0.268 e. The number of carbonyl (C=O) groups excluding carboxylic acids is 2. The Labute approximate surface area is 147 Å². The molecule has 2 fully saturated rings. The van der Waals surface area contributed by atoms with Gasteiger partial charge in [-0.15, -0.1) is 0 Å². The summed E-state index contributed by atoms with van der Waals surface area (Å²) < 4.78 is 25.8. The lowest BCUT2D eigenvalue weighted by molar-refractivity contribution is -0.00730. The van der Waals surface area contributed by atoms with Crippen LogP contribution < -0.4 is 0 Å².